The minimum absolute atomic E-state index is 0.0641. The summed E-state index contributed by atoms with van der Waals surface area (Å²) < 4.78 is 5.09. The Balaban J connectivity index is 2.75. The molecule has 0 unspecified atom stereocenters. The minimum atomic E-state index is 0.0641. The van der Waals surface area contributed by atoms with E-state index in [-0.39, 0.29) is 5.54 Å². The number of nitrogens with one attached hydrogen (secondary N) is 1. The average Bonchev–Trinajstić information content (AvgIpc) is 2.28. The summed E-state index contributed by atoms with van der Waals surface area (Å²) in [5, 5.41) is 4.33. The van der Waals surface area contributed by atoms with Crippen molar-refractivity contribution in [3.05, 3.63) is 10.6 Å². The van der Waals surface area contributed by atoms with Gasteiger partial charge < -0.3 is 10.1 Å². The van der Waals surface area contributed by atoms with Crippen LogP contribution in [0, 0.1) is 6.92 Å². The Bertz CT molecular complexity index is 302. The predicted molar refractivity (Wildman–Crippen MR) is 60.9 cm³/mol. The summed E-state index contributed by atoms with van der Waals surface area (Å²) in [4.78, 5) is 5.64. The van der Waals surface area contributed by atoms with Crippen LogP contribution in [0.4, 0.5) is 5.13 Å². The van der Waals surface area contributed by atoms with Gasteiger partial charge in [-0.2, -0.15) is 0 Å². The molecule has 0 aliphatic carbocycles. The van der Waals surface area contributed by atoms with Crippen LogP contribution in [0.1, 0.15) is 31.3 Å². The van der Waals surface area contributed by atoms with E-state index in [9.17, 15) is 0 Å². The van der Waals surface area contributed by atoms with E-state index in [1.54, 1.807) is 18.4 Å². The SMILES string of the molecule is COCc1sc(NC(C)(C)C)nc1C. The van der Waals surface area contributed by atoms with Crippen LogP contribution < -0.4 is 5.32 Å². The summed E-state index contributed by atoms with van der Waals surface area (Å²) in [6.07, 6.45) is 0. The maximum absolute atomic E-state index is 5.09. The van der Waals surface area contributed by atoms with Crippen LogP contribution in [0.25, 0.3) is 0 Å². The smallest absolute Gasteiger partial charge is 0.183 e. The second-order valence-electron chi connectivity index (χ2n) is 4.34. The largest absolute Gasteiger partial charge is 0.379 e. The van der Waals surface area contributed by atoms with E-state index >= 15 is 0 Å². The lowest BCUT2D eigenvalue weighted by Gasteiger charge is -2.19. The molecule has 0 bridgehead atoms. The van der Waals surface area contributed by atoms with Gasteiger partial charge in [0.25, 0.3) is 0 Å². The Labute approximate surface area is 89.5 Å². The van der Waals surface area contributed by atoms with Gasteiger partial charge in [0, 0.05) is 12.6 Å². The van der Waals surface area contributed by atoms with Gasteiger partial charge >= 0.3 is 0 Å². The number of hydrogen-bond donors (Lipinski definition) is 1. The first-order valence-corrected chi connectivity index (χ1v) is 5.47. The fourth-order valence-corrected chi connectivity index (χ4v) is 2.21. The van der Waals surface area contributed by atoms with E-state index in [0.717, 1.165) is 10.8 Å². The first-order valence-electron chi connectivity index (χ1n) is 4.66. The normalized spacial score (nSPS) is 11.8. The molecule has 4 heteroatoms. The molecule has 1 aromatic heterocycles. The van der Waals surface area contributed by atoms with Crippen LogP contribution in [0.3, 0.4) is 0 Å². The van der Waals surface area contributed by atoms with Crippen molar-refractivity contribution in [3.63, 3.8) is 0 Å². The fraction of sp³-hybridized carbons (Fsp3) is 0.700. The number of aryl methyl sites for hydroxylation is 1. The Morgan fingerprint density at radius 1 is 1.43 bits per heavy atom. The lowest BCUT2D eigenvalue weighted by molar-refractivity contribution is 0.187. The zero-order chi connectivity index (χ0) is 10.8. The van der Waals surface area contributed by atoms with Gasteiger partial charge in [0.1, 0.15) is 0 Å². The average molecular weight is 214 g/mol. The zero-order valence-corrected chi connectivity index (χ0v) is 10.3. The van der Waals surface area contributed by atoms with Gasteiger partial charge in [-0.1, -0.05) is 11.3 Å². The molecule has 1 aromatic rings. The number of aromatic nitrogens is 1. The molecule has 1 rings (SSSR count). The maximum atomic E-state index is 5.09. The topological polar surface area (TPSA) is 34.1 Å². The second kappa shape index (κ2) is 4.28. The van der Waals surface area contributed by atoms with E-state index in [0.29, 0.717) is 6.61 Å². The molecule has 0 saturated carbocycles. The molecule has 0 saturated heterocycles. The highest BCUT2D eigenvalue weighted by Gasteiger charge is 2.13. The van der Waals surface area contributed by atoms with Crippen molar-refractivity contribution in [1.29, 1.82) is 0 Å². The van der Waals surface area contributed by atoms with Crippen LogP contribution in [-0.2, 0) is 11.3 Å². The Morgan fingerprint density at radius 2 is 2.07 bits per heavy atom. The highest BCUT2D eigenvalue weighted by Crippen LogP contribution is 2.25. The first-order chi connectivity index (χ1) is 6.42. The van der Waals surface area contributed by atoms with Gasteiger partial charge in [0.2, 0.25) is 0 Å². The van der Waals surface area contributed by atoms with Gasteiger partial charge in [0.15, 0.2) is 5.13 Å². The summed E-state index contributed by atoms with van der Waals surface area (Å²) in [7, 11) is 1.70. The standard InChI is InChI=1S/C10H18N2OS/c1-7-8(6-13-5)14-9(11-7)12-10(2,3)4/h6H2,1-5H3,(H,11,12). The van der Waals surface area contributed by atoms with Crippen molar-refractivity contribution >= 4 is 16.5 Å². The monoisotopic (exact) mass is 214 g/mol. The molecular weight excluding hydrogens is 196 g/mol. The summed E-state index contributed by atoms with van der Waals surface area (Å²) in [6, 6.07) is 0. The Morgan fingerprint density at radius 3 is 2.57 bits per heavy atom. The van der Waals surface area contributed by atoms with Gasteiger partial charge in [0.05, 0.1) is 17.2 Å². The van der Waals surface area contributed by atoms with Gasteiger partial charge in [-0.3, -0.25) is 0 Å². The highest BCUT2D eigenvalue weighted by atomic mass is 32.1. The minimum Gasteiger partial charge on any atom is -0.379 e. The van der Waals surface area contributed by atoms with Crippen molar-refractivity contribution in [2.45, 2.75) is 39.8 Å². The molecular formula is C10H18N2OS. The predicted octanol–water partition coefficient (Wildman–Crippen LogP) is 2.81. The molecule has 0 spiro atoms. The maximum Gasteiger partial charge on any atom is 0.183 e. The molecule has 0 aliphatic rings. The molecule has 14 heavy (non-hydrogen) atoms. The van der Waals surface area contributed by atoms with E-state index in [4.69, 9.17) is 4.74 Å². The summed E-state index contributed by atoms with van der Waals surface area (Å²) in [5.41, 5.74) is 1.12. The first kappa shape index (κ1) is 11.5. The van der Waals surface area contributed by atoms with Crippen LogP contribution in [-0.4, -0.2) is 17.6 Å². The van der Waals surface area contributed by atoms with Gasteiger partial charge in [-0.25, -0.2) is 4.98 Å². The van der Waals surface area contributed by atoms with Crippen LogP contribution in [0.2, 0.25) is 0 Å². The van der Waals surface area contributed by atoms with E-state index in [1.165, 1.54) is 4.88 Å². The van der Waals surface area contributed by atoms with Crippen LogP contribution in [0.15, 0.2) is 0 Å². The summed E-state index contributed by atoms with van der Waals surface area (Å²) in [5.74, 6) is 0. The number of hydrogen-bond acceptors (Lipinski definition) is 4. The molecule has 80 valence electrons. The lowest BCUT2D eigenvalue weighted by atomic mass is 10.1. The number of thiazole rings is 1. The molecule has 3 nitrogen and oxygen atoms in total. The number of rotatable bonds is 3. The third-order valence-corrected chi connectivity index (χ3v) is 2.70. The van der Waals surface area contributed by atoms with Crippen molar-refractivity contribution < 1.29 is 4.74 Å². The lowest BCUT2D eigenvalue weighted by Crippen LogP contribution is -2.25. The Kier molecular flexibility index (Phi) is 3.50. The zero-order valence-electron chi connectivity index (χ0n) is 9.47. The number of nitrogens with zero attached hydrogens (tertiary/aromatic N) is 1. The summed E-state index contributed by atoms with van der Waals surface area (Å²) in [6.45, 7) is 9.03. The number of anilines is 1. The van der Waals surface area contributed by atoms with Crippen molar-refractivity contribution in [2.75, 3.05) is 12.4 Å². The van der Waals surface area contributed by atoms with Crippen molar-refractivity contribution in [2.24, 2.45) is 0 Å². The highest BCUT2D eigenvalue weighted by molar-refractivity contribution is 7.15. The molecule has 1 heterocycles. The third kappa shape index (κ3) is 3.27. The molecule has 0 aliphatic heterocycles. The Hall–Kier alpha value is -0.610. The fourth-order valence-electron chi connectivity index (χ4n) is 1.07. The van der Waals surface area contributed by atoms with Crippen LogP contribution in [0.5, 0.6) is 0 Å². The molecule has 1 N–H and O–H groups in total. The summed E-state index contributed by atoms with van der Waals surface area (Å²) >= 11 is 1.66. The van der Waals surface area contributed by atoms with Crippen LogP contribution >= 0.6 is 11.3 Å². The quantitative estimate of drug-likeness (QED) is 0.840. The van der Waals surface area contributed by atoms with Crippen molar-refractivity contribution in [1.82, 2.24) is 4.98 Å². The van der Waals surface area contributed by atoms with Gasteiger partial charge in [-0.05, 0) is 27.7 Å². The third-order valence-electron chi connectivity index (χ3n) is 1.65. The molecule has 0 radical (unpaired) electrons. The molecule has 0 fully saturated rings. The van der Waals surface area contributed by atoms with Crippen molar-refractivity contribution in [3.8, 4) is 0 Å². The van der Waals surface area contributed by atoms with Gasteiger partial charge in [-0.15, -0.1) is 0 Å². The van der Waals surface area contributed by atoms with E-state index in [1.807, 2.05) is 6.92 Å². The van der Waals surface area contributed by atoms with E-state index in [2.05, 4.69) is 31.1 Å². The molecule has 0 atom stereocenters. The number of methoxy groups -OCH3 is 1. The number of ether oxygens (including phenoxy) is 1. The second-order valence-corrected chi connectivity index (χ2v) is 5.42. The molecule has 0 aromatic carbocycles. The van der Waals surface area contributed by atoms with E-state index < -0.39 is 0 Å². The molecule has 0 amide bonds.